The molecule has 1 unspecified atom stereocenters. The van der Waals surface area contributed by atoms with E-state index in [1.54, 1.807) is 20.8 Å². The molecule has 7 nitrogen and oxygen atoms in total. The van der Waals surface area contributed by atoms with E-state index in [2.05, 4.69) is 0 Å². The monoisotopic (exact) mass is 338 g/mol. The molecule has 0 radical (unpaired) electrons. The van der Waals surface area contributed by atoms with Crippen molar-refractivity contribution in [3.05, 3.63) is 30.1 Å². The lowest BCUT2D eigenvalue weighted by Gasteiger charge is -2.39. The van der Waals surface area contributed by atoms with Crippen LogP contribution in [0.5, 0.6) is 0 Å². The predicted octanol–water partition coefficient (Wildman–Crippen LogP) is 1.86. The van der Waals surface area contributed by atoms with Crippen LogP contribution in [0.3, 0.4) is 0 Å². The molecule has 1 heterocycles. The predicted molar refractivity (Wildman–Crippen MR) is 83.1 cm³/mol. The van der Waals surface area contributed by atoms with E-state index < -0.39 is 42.0 Å². The van der Waals surface area contributed by atoms with Crippen molar-refractivity contribution >= 4 is 23.7 Å². The molecule has 1 saturated heterocycles. The highest BCUT2D eigenvalue weighted by Crippen LogP contribution is 2.22. The van der Waals surface area contributed by atoms with Gasteiger partial charge in [0.15, 0.2) is 6.04 Å². The zero-order chi connectivity index (χ0) is 18.1. The van der Waals surface area contributed by atoms with E-state index in [0.717, 1.165) is 4.90 Å². The molecule has 1 fully saturated rings. The van der Waals surface area contributed by atoms with Crippen LogP contribution in [0.15, 0.2) is 24.3 Å². The van der Waals surface area contributed by atoms with E-state index in [-0.39, 0.29) is 6.54 Å². The standard InChI is InChI=1S/C16H19FN2O5/c1-16(2,3)24-15(23)19-9-13(20)18(8-12(19)14(21)22)11-6-4-10(17)5-7-11/h4-7,12H,8-9H2,1-3H3,(H,21,22). The molecule has 0 aliphatic carbocycles. The van der Waals surface area contributed by atoms with Crippen molar-refractivity contribution in [2.45, 2.75) is 32.4 Å². The molecule has 2 amide bonds. The number of hydrogen-bond donors (Lipinski definition) is 1. The summed E-state index contributed by atoms with van der Waals surface area (Å²) < 4.78 is 18.2. The maximum absolute atomic E-state index is 13.0. The number of carbonyl (C=O) groups excluding carboxylic acids is 2. The van der Waals surface area contributed by atoms with E-state index in [9.17, 15) is 23.9 Å². The van der Waals surface area contributed by atoms with Gasteiger partial charge in [0.25, 0.3) is 0 Å². The molecule has 1 aliphatic heterocycles. The van der Waals surface area contributed by atoms with E-state index in [1.807, 2.05) is 0 Å². The fourth-order valence-electron chi connectivity index (χ4n) is 2.31. The third kappa shape index (κ3) is 4.01. The van der Waals surface area contributed by atoms with E-state index >= 15 is 0 Å². The van der Waals surface area contributed by atoms with Gasteiger partial charge >= 0.3 is 12.1 Å². The number of anilines is 1. The Morgan fingerprint density at radius 1 is 1.25 bits per heavy atom. The average molecular weight is 338 g/mol. The van der Waals surface area contributed by atoms with Gasteiger partial charge in [-0.3, -0.25) is 9.69 Å². The molecule has 0 spiro atoms. The van der Waals surface area contributed by atoms with Crippen molar-refractivity contribution in [3.63, 3.8) is 0 Å². The summed E-state index contributed by atoms with van der Waals surface area (Å²) in [5.74, 6) is -2.18. The molecule has 2 rings (SSSR count). The first-order valence-corrected chi connectivity index (χ1v) is 7.37. The number of piperazine rings is 1. The fourth-order valence-corrected chi connectivity index (χ4v) is 2.31. The van der Waals surface area contributed by atoms with E-state index in [4.69, 9.17) is 4.74 Å². The maximum Gasteiger partial charge on any atom is 0.411 e. The number of amides is 2. The second kappa shape index (κ2) is 6.46. The normalized spacial score (nSPS) is 18.5. The van der Waals surface area contributed by atoms with Crippen molar-refractivity contribution in [2.24, 2.45) is 0 Å². The summed E-state index contributed by atoms with van der Waals surface area (Å²) in [7, 11) is 0. The van der Waals surface area contributed by atoms with Crippen LogP contribution >= 0.6 is 0 Å². The summed E-state index contributed by atoms with van der Waals surface area (Å²) >= 11 is 0. The number of carboxylic acids is 1. The Kier molecular flexibility index (Phi) is 4.77. The van der Waals surface area contributed by atoms with Gasteiger partial charge in [0.05, 0.1) is 6.54 Å². The zero-order valence-corrected chi connectivity index (χ0v) is 13.7. The van der Waals surface area contributed by atoms with Crippen molar-refractivity contribution < 1.29 is 28.6 Å². The van der Waals surface area contributed by atoms with Gasteiger partial charge in [0.1, 0.15) is 18.0 Å². The molecule has 0 bridgehead atoms. The lowest BCUT2D eigenvalue weighted by Crippen LogP contribution is -2.61. The minimum atomic E-state index is -1.25. The van der Waals surface area contributed by atoms with Crippen LogP contribution in [0.2, 0.25) is 0 Å². The van der Waals surface area contributed by atoms with Crippen LogP contribution in [-0.4, -0.2) is 52.7 Å². The molecule has 1 N–H and O–H groups in total. The smallest absolute Gasteiger partial charge is 0.411 e. The Balaban J connectivity index is 2.24. The molecule has 0 saturated carbocycles. The number of ether oxygens (including phenoxy) is 1. The number of benzene rings is 1. The minimum Gasteiger partial charge on any atom is -0.480 e. The van der Waals surface area contributed by atoms with Crippen LogP contribution in [0.25, 0.3) is 0 Å². The second-order valence-electron chi connectivity index (χ2n) is 6.44. The van der Waals surface area contributed by atoms with Crippen LogP contribution in [-0.2, 0) is 14.3 Å². The van der Waals surface area contributed by atoms with Crippen molar-refractivity contribution in [3.8, 4) is 0 Å². The number of aliphatic carboxylic acids is 1. The van der Waals surface area contributed by atoms with Crippen LogP contribution in [0.1, 0.15) is 20.8 Å². The number of rotatable bonds is 2. The summed E-state index contributed by atoms with van der Waals surface area (Å²) in [4.78, 5) is 38.1. The molecule has 1 atom stereocenters. The highest BCUT2D eigenvalue weighted by molar-refractivity contribution is 5.99. The quantitative estimate of drug-likeness (QED) is 0.889. The molecule has 24 heavy (non-hydrogen) atoms. The molecule has 1 aliphatic rings. The molecule has 0 aromatic heterocycles. The molecule has 1 aromatic rings. The molecule has 130 valence electrons. The fraction of sp³-hybridized carbons (Fsp3) is 0.438. The lowest BCUT2D eigenvalue weighted by molar-refractivity contribution is -0.144. The van der Waals surface area contributed by atoms with Gasteiger partial charge in [-0.15, -0.1) is 0 Å². The third-order valence-corrected chi connectivity index (χ3v) is 3.39. The number of carbonyl (C=O) groups is 3. The number of carboxylic acid groups (broad SMARTS) is 1. The summed E-state index contributed by atoms with van der Waals surface area (Å²) in [6.07, 6.45) is -0.859. The van der Waals surface area contributed by atoms with Gasteiger partial charge in [0.2, 0.25) is 5.91 Å². The Morgan fingerprint density at radius 3 is 2.33 bits per heavy atom. The van der Waals surface area contributed by atoms with Crippen molar-refractivity contribution in [1.82, 2.24) is 4.90 Å². The van der Waals surface area contributed by atoms with Crippen molar-refractivity contribution in [1.29, 1.82) is 0 Å². The Hall–Kier alpha value is -2.64. The highest BCUT2D eigenvalue weighted by atomic mass is 19.1. The van der Waals surface area contributed by atoms with Gasteiger partial charge in [-0.05, 0) is 45.0 Å². The van der Waals surface area contributed by atoms with E-state index in [0.29, 0.717) is 5.69 Å². The largest absolute Gasteiger partial charge is 0.480 e. The molecular formula is C16H19FN2O5. The minimum absolute atomic E-state index is 0.237. The Morgan fingerprint density at radius 2 is 1.83 bits per heavy atom. The number of hydrogen-bond acceptors (Lipinski definition) is 4. The van der Waals surface area contributed by atoms with Crippen LogP contribution < -0.4 is 4.90 Å². The summed E-state index contributed by atoms with van der Waals surface area (Å²) in [6, 6.07) is 3.88. The number of nitrogens with zero attached hydrogens (tertiary/aromatic N) is 2. The van der Waals surface area contributed by atoms with Gasteiger partial charge < -0.3 is 14.7 Å². The second-order valence-corrected chi connectivity index (χ2v) is 6.44. The van der Waals surface area contributed by atoms with Gasteiger partial charge in [-0.2, -0.15) is 0 Å². The first kappa shape index (κ1) is 17.7. The summed E-state index contributed by atoms with van der Waals surface area (Å²) in [5.41, 5.74) is -0.437. The molecule has 1 aromatic carbocycles. The Bertz CT molecular complexity index is 653. The van der Waals surface area contributed by atoms with Gasteiger partial charge in [-0.1, -0.05) is 0 Å². The SMILES string of the molecule is CC(C)(C)OC(=O)N1CC(=O)N(c2ccc(F)cc2)CC1C(=O)O. The lowest BCUT2D eigenvalue weighted by atomic mass is 10.1. The number of halogens is 1. The highest BCUT2D eigenvalue weighted by Gasteiger charge is 2.41. The van der Waals surface area contributed by atoms with Crippen molar-refractivity contribution in [2.75, 3.05) is 18.0 Å². The molecule has 8 heteroatoms. The zero-order valence-electron chi connectivity index (χ0n) is 13.7. The summed E-state index contributed by atoms with van der Waals surface area (Å²) in [6.45, 7) is 4.29. The summed E-state index contributed by atoms with van der Waals surface area (Å²) in [5, 5.41) is 9.40. The molecular weight excluding hydrogens is 319 g/mol. The first-order chi connectivity index (χ1) is 11.1. The van der Waals surface area contributed by atoms with Crippen LogP contribution in [0, 0.1) is 5.82 Å². The van der Waals surface area contributed by atoms with Gasteiger partial charge in [-0.25, -0.2) is 14.0 Å². The van der Waals surface area contributed by atoms with E-state index in [1.165, 1.54) is 29.2 Å². The average Bonchev–Trinajstić information content (AvgIpc) is 2.46. The third-order valence-electron chi connectivity index (χ3n) is 3.39. The maximum atomic E-state index is 13.0. The first-order valence-electron chi connectivity index (χ1n) is 7.37. The van der Waals surface area contributed by atoms with Crippen LogP contribution in [0.4, 0.5) is 14.9 Å². The topological polar surface area (TPSA) is 87.2 Å². The Labute approximate surface area is 138 Å². The van der Waals surface area contributed by atoms with Gasteiger partial charge in [0, 0.05) is 5.69 Å².